The third-order valence-electron chi connectivity index (χ3n) is 14.0. The van der Waals surface area contributed by atoms with Crippen LogP contribution in [0.3, 0.4) is 0 Å². The van der Waals surface area contributed by atoms with E-state index in [1.807, 2.05) is 18.2 Å². The normalized spacial score (nSPS) is 12.8. The predicted octanol–water partition coefficient (Wildman–Crippen LogP) is 17.7. The van der Waals surface area contributed by atoms with Crippen molar-refractivity contribution in [2.75, 3.05) is 0 Å². The number of rotatable bonds is 8. The molecule has 70 heavy (non-hydrogen) atoms. The minimum atomic E-state index is -0.559. The molecule has 0 unspecified atom stereocenters. The molecule has 4 heteroatoms. The van der Waals surface area contributed by atoms with Crippen LogP contribution in [0.2, 0.25) is 0 Å². The average molecular weight is 896 g/mol. The van der Waals surface area contributed by atoms with Gasteiger partial charge in [0.05, 0.1) is 17.1 Å². The van der Waals surface area contributed by atoms with E-state index in [0.717, 1.165) is 94.1 Å². The van der Waals surface area contributed by atoms with Gasteiger partial charge in [-0.2, -0.15) is 0 Å². The second-order valence-corrected chi connectivity index (χ2v) is 18.1. The summed E-state index contributed by atoms with van der Waals surface area (Å²) in [7, 11) is 0. The van der Waals surface area contributed by atoms with Gasteiger partial charge in [0.25, 0.3) is 0 Å². The second-order valence-electron chi connectivity index (χ2n) is 18.1. The van der Waals surface area contributed by atoms with E-state index < -0.39 is 6.04 Å². The number of aromatic nitrogens is 1. The Kier molecular flexibility index (Phi) is 9.91. The average Bonchev–Trinajstić information content (AvgIpc) is 3.97. The fourth-order valence-corrected chi connectivity index (χ4v) is 10.5. The molecule has 0 amide bonds. The Morgan fingerprint density at radius 3 is 1.79 bits per heavy atom. The number of fused-ring (bicyclic) bond motifs is 11. The summed E-state index contributed by atoms with van der Waals surface area (Å²) in [6.07, 6.45) is 1.93. The van der Waals surface area contributed by atoms with Crippen LogP contribution in [0, 0.1) is 0 Å². The molecule has 0 aliphatic rings. The number of furan rings is 1. The summed E-state index contributed by atoms with van der Waals surface area (Å²) in [6.45, 7) is 6.56. The molecular formula is C66H45N3O. The first kappa shape index (κ1) is 41.1. The maximum atomic E-state index is 7.15. The van der Waals surface area contributed by atoms with Gasteiger partial charge >= 0.3 is 0 Å². The summed E-state index contributed by atoms with van der Waals surface area (Å²) in [6, 6.07) is 81.5. The van der Waals surface area contributed by atoms with Gasteiger partial charge in [0.1, 0.15) is 11.2 Å². The number of amidine groups is 1. The Morgan fingerprint density at radius 1 is 0.457 bits per heavy atom. The van der Waals surface area contributed by atoms with Crippen LogP contribution in [0.4, 0.5) is 0 Å². The Balaban J connectivity index is 1.08. The van der Waals surface area contributed by atoms with Crippen LogP contribution < -0.4 is 0 Å². The minimum Gasteiger partial charge on any atom is -0.455 e. The summed E-state index contributed by atoms with van der Waals surface area (Å²) in [5.74, 6) is 0.599. The Labute approximate surface area is 405 Å². The van der Waals surface area contributed by atoms with E-state index in [1.165, 1.54) is 32.3 Å². The molecule has 13 aromatic rings. The van der Waals surface area contributed by atoms with Gasteiger partial charge in [-0.25, -0.2) is 4.99 Å². The standard InChI is InChI=1S/C66H45N3O/c1-3-61(68-66(48-31-29-45(30-32-48)43-17-6-4-7-18-43)67-42(2)49-25-16-26-50(37-49)44-19-8-5-9-20-44)60-41-53(40-59-57-36-34-47-22-13-15-28-55(47)64(57)70-65(59)60)69-62-39-52-24-11-10-23-51(52)38-58(62)56-35-33-46-21-12-14-27-54(46)63(56)69/h3-41,61H,1H2,2H3/t61-/m0/s1. The molecule has 0 radical (unpaired) electrons. The molecule has 0 spiro atoms. The van der Waals surface area contributed by atoms with Gasteiger partial charge in [-0.1, -0.05) is 200 Å². The second kappa shape index (κ2) is 16.9. The minimum absolute atomic E-state index is 0.559. The quantitative estimate of drug-likeness (QED) is 0.0851. The molecule has 0 bridgehead atoms. The van der Waals surface area contributed by atoms with Crippen molar-refractivity contribution in [1.29, 1.82) is 0 Å². The molecule has 2 heterocycles. The van der Waals surface area contributed by atoms with Crippen LogP contribution in [-0.4, -0.2) is 16.1 Å². The fourth-order valence-electron chi connectivity index (χ4n) is 10.5. The van der Waals surface area contributed by atoms with E-state index in [0.29, 0.717) is 5.84 Å². The number of benzene rings is 11. The van der Waals surface area contributed by atoms with Gasteiger partial charge in [0.15, 0.2) is 5.84 Å². The molecule has 11 aromatic carbocycles. The molecule has 4 nitrogen and oxygen atoms in total. The van der Waals surface area contributed by atoms with Crippen molar-refractivity contribution in [3.8, 4) is 27.9 Å². The molecule has 0 fully saturated rings. The van der Waals surface area contributed by atoms with E-state index in [4.69, 9.17) is 14.4 Å². The number of aliphatic imine (C=N–C) groups is 2. The fraction of sp³-hybridized carbons (Fsp3) is 0.0303. The van der Waals surface area contributed by atoms with Crippen LogP contribution >= 0.6 is 0 Å². The molecular weight excluding hydrogens is 851 g/mol. The lowest BCUT2D eigenvalue weighted by Crippen LogP contribution is -2.07. The van der Waals surface area contributed by atoms with Gasteiger partial charge in [-0.3, -0.25) is 4.99 Å². The highest BCUT2D eigenvalue weighted by atomic mass is 16.3. The lowest BCUT2D eigenvalue weighted by atomic mass is 10.00. The summed E-state index contributed by atoms with van der Waals surface area (Å²) >= 11 is 0. The first-order chi connectivity index (χ1) is 34.6. The highest BCUT2D eigenvalue weighted by molar-refractivity contribution is 6.22. The largest absolute Gasteiger partial charge is 0.455 e. The van der Waals surface area contributed by atoms with Gasteiger partial charge in [0, 0.05) is 54.8 Å². The van der Waals surface area contributed by atoms with Crippen LogP contribution in [0.15, 0.2) is 258 Å². The predicted molar refractivity (Wildman–Crippen MR) is 296 cm³/mol. The molecule has 0 saturated carbocycles. The van der Waals surface area contributed by atoms with Crippen molar-refractivity contribution in [2.45, 2.75) is 13.0 Å². The molecule has 0 saturated heterocycles. The van der Waals surface area contributed by atoms with Crippen molar-refractivity contribution in [1.82, 2.24) is 4.57 Å². The highest BCUT2D eigenvalue weighted by Gasteiger charge is 2.24. The lowest BCUT2D eigenvalue weighted by Gasteiger charge is -2.16. The first-order valence-electron chi connectivity index (χ1n) is 23.9. The molecule has 2 aromatic heterocycles. The number of nitrogens with zero attached hydrogens (tertiary/aromatic N) is 3. The molecule has 1 atom stereocenters. The van der Waals surface area contributed by atoms with Crippen LogP contribution in [0.1, 0.15) is 29.7 Å². The lowest BCUT2D eigenvalue weighted by molar-refractivity contribution is 0.662. The van der Waals surface area contributed by atoms with Gasteiger partial charge in [-0.15, -0.1) is 6.58 Å². The molecule has 0 aliphatic heterocycles. The van der Waals surface area contributed by atoms with Crippen molar-refractivity contribution in [3.63, 3.8) is 0 Å². The Morgan fingerprint density at radius 2 is 1.06 bits per heavy atom. The topological polar surface area (TPSA) is 42.8 Å². The maximum absolute atomic E-state index is 7.15. The van der Waals surface area contributed by atoms with E-state index >= 15 is 0 Å². The zero-order valence-electron chi connectivity index (χ0n) is 38.6. The SMILES string of the molecule is C=C[C@H](N=C(N=C(C)c1cccc(-c2ccccc2)c1)c1ccc(-c2ccccc2)cc1)c1cc(-n2c3cc4ccccc4cc3c3ccc4ccccc4c32)cc2c1oc1c3ccccc3ccc21. The van der Waals surface area contributed by atoms with E-state index in [9.17, 15) is 0 Å². The van der Waals surface area contributed by atoms with E-state index in [2.05, 4.69) is 236 Å². The number of hydrogen-bond acceptors (Lipinski definition) is 2. The van der Waals surface area contributed by atoms with Gasteiger partial charge < -0.3 is 8.98 Å². The Bertz CT molecular complexity index is 4250. The zero-order valence-corrected chi connectivity index (χ0v) is 38.6. The van der Waals surface area contributed by atoms with E-state index in [-0.39, 0.29) is 0 Å². The number of hydrogen-bond donors (Lipinski definition) is 0. The Hall–Kier alpha value is -9.12. The van der Waals surface area contributed by atoms with Gasteiger partial charge in [0.2, 0.25) is 0 Å². The van der Waals surface area contributed by atoms with Crippen molar-refractivity contribution < 1.29 is 4.42 Å². The summed E-state index contributed by atoms with van der Waals surface area (Å²) in [5.41, 5.74) is 13.1. The zero-order chi connectivity index (χ0) is 46.7. The van der Waals surface area contributed by atoms with E-state index in [1.54, 1.807) is 0 Å². The summed E-state index contributed by atoms with van der Waals surface area (Å²) < 4.78 is 9.61. The molecule has 330 valence electrons. The monoisotopic (exact) mass is 895 g/mol. The van der Waals surface area contributed by atoms with Crippen molar-refractivity contribution in [3.05, 3.63) is 260 Å². The van der Waals surface area contributed by atoms with Gasteiger partial charge in [-0.05, 0) is 92.7 Å². The molecule has 13 rings (SSSR count). The third kappa shape index (κ3) is 7.00. The smallest absolute Gasteiger partial charge is 0.155 e. The first-order valence-corrected chi connectivity index (χ1v) is 23.9. The maximum Gasteiger partial charge on any atom is 0.155 e. The van der Waals surface area contributed by atoms with Crippen LogP contribution in [-0.2, 0) is 0 Å². The third-order valence-corrected chi connectivity index (χ3v) is 14.0. The van der Waals surface area contributed by atoms with Crippen LogP contribution in [0.5, 0.6) is 0 Å². The molecule has 0 aliphatic carbocycles. The highest BCUT2D eigenvalue weighted by Crippen LogP contribution is 2.44. The summed E-state index contributed by atoms with van der Waals surface area (Å²) in [4.78, 5) is 11.1. The van der Waals surface area contributed by atoms with Crippen LogP contribution in [0.25, 0.3) is 104 Å². The van der Waals surface area contributed by atoms with Crippen molar-refractivity contribution >= 4 is 87.6 Å². The molecule has 0 N–H and O–H groups in total. The van der Waals surface area contributed by atoms with Crippen molar-refractivity contribution in [2.24, 2.45) is 9.98 Å². The summed E-state index contributed by atoms with van der Waals surface area (Å²) in [5, 5.41) is 11.4.